The molecule has 1 saturated carbocycles. The maximum Gasteiger partial charge on any atom is 0.0888 e. The van der Waals surface area contributed by atoms with Crippen LogP contribution in [-0.4, -0.2) is 5.11 Å². The van der Waals surface area contributed by atoms with Gasteiger partial charge in [0.15, 0.2) is 0 Å². The summed E-state index contributed by atoms with van der Waals surface area (Å²) in [5.74, 6) is 0.727. The van der Waals surface area contributed by atoms with Gasteiger partial charge in [-0.3, -0.25) is 0 Å². The van der Waals surface area contributed by atoms with Gasteiger partial charge in [-0.15, -0.1) is 11.3 Å². The van der Waals surface area contributed by atoms with Crippen LogP contribution in [0.5, 0.6) is 0 Å². The topological polar surface area (TPSA) is 20.2 Å². The average molecular weight is 296 g/mol. The second-order valence-electron chi connectivity index (χ2n) is 3.82. The van der Waals surface area contributed by atoms with Gasteiger partial charge in [0, 0.05) is 4.88 Å². The first kappa shape index (κ1) is 10.9. The lowest BCUT2D eigenvalue weighted by atomic mass is 9.81. The highest BCUT2D eigenvalue weighted by Gasteiger charge is 2.23. The van der Waals surface area contributed by atoms with Crippen molar-refractivity contribution in [3.05, 3.63) is 19.8 Å². The van der Waals surface area contributed by atoms with Crippen LogP contribution in [0.2, 0.25) is 5.02 Å². The zero-order chi connectivity index (χ0) is 10.1. The highest BCUT2D eigenvalue weighted by molar-refractivity contribution is 9.11. The second-order valence-corrected chi connectivity index (χ2v) is 6.63. The molecule has 1 aliphatic carbocycles. The smallest absolute Gasteiger partial charge is 0.0888 e. The summed E-state index contributed by atoms with van der Waals surface area (Å²) in [6.45, 7) is 0. The van der Waals surface area contributed by atoms with E-state index in [1.165, 1.54) is 30.6 Å². The lowest BCUT2D eigenvalue weighted by Gasteiger charge is -2.27. The van der Waals surface area contributed by atoms with Crippen LogP contribution in [0.3, 0.4) is 0 Å². The normalized spacial score (nSPS) is 19.4. The number of halogens is 2. The first-order valence-electron chi connectivity index (χ1n) is 4.79. The Labute approximate surface area is 101 Å². The zero-order valence-electron chi connectivity index (χ0n) is 7.67. The predicted octanol–water partition coefficient (Wildman–Crippen LogP) is 4.39. The minimum atomic E-state index is -0.325. The molecule has 1 unspecified atom stereocenters. The van der Waals surface area contributed by atoms with E-state index in [1.54, 1.807) is 0 Å². The summed E-state index contributed by atoms with van der Waals surface area (Å²) in [7, 11) is 0. The summed E-state index contributed by atoms with van der Waals surface area (Å²) in [6.07, 6.45) is 4.44. The first-order chi connectivity index (χ1) is 6.66. The zero-order valence-corrected chi connectivity index (χ0v) is 10.8. The number of aliphatic hydroxyl groups excluding tert-OH is 1. The maximum atomic E-state index is 9.92. The molecule has 0 aromatic carbocycles. The molecule has 1 aliphatic rings. The minimum absolute atomic E-state index is 0.325. The largest absolute Gasteiger partial charge is 0.388 e. The van der Waals surface area contributed by atoms with Crippen LogP contribution in [-0.2, 0) is 0 Å². The molecule has 0 amide bonds. The van der Waals surface area contributed by atoms with Gasteiger partial charge >= 0.3 is 0 Å². The lowest BCUT2D eigenvalue weighted by Crippen LogP contribution is -2.14. The van der Waals surface area contributed by atoms with Gasteiger partial charge in [-0.2, -0.15) is 0 Å². The van der Waals surface area contributed by atoms with Crippen molar-refractivity contribution in [3.8, 4) is 0 Å². The molecular weight excluding hydrogens is 284 g/mol. The predicted molar refractivity (Wildman–Crippen MR) is 63.9 cm³/mol. The van der Waals surface area contributed by atoms with Crippen molar-refractivity contribution in [3.63, 3.8) is 0 Å². The molecular formula is C10H12BrClOS. The van der Waals surface area contributed by atoms with Gasteiger partial charge in [0.2, 0.25) is 0 Å². The van der Waals surface area contributed by atoms with Crippen LogP contribution in [0.15, 0.2) is 9.85 Å². The first-order valence-corrected chi connectivity index (χ1v) is 6.78. The molecule has 1 aromatic heterocycles. The summed E-state index contributed by atoms with van der Waals surface area (Å²) >= 11 is 10.8. The van der Waals surface area contributed by atoms with E-state index in [4.69, 9.17) is 11.6 Å². The molecule has 14 heavy (non-hydrogen) atoms. The third-order valence-corrected chi connectivity index (χ3v) is 5.35. The Bertz CT molecular complexity index is 302. The summed E-state index contributed by atoms with van der Waals surface area (Å²) in [5.41, 5.74) is 0. The van der Waals surface area contributed by atoms with Crippen LogP contribution in [0.1, 0.15) is 36.7 Å². The van der Waals surface area contributed by atoms with Crippen molar-refractivity contribution in [2.75, 3.05) is 0 Å². The standard InChI is InChI=1S/C10H12BrClOS/c11-10-7(12)5-9(14-10)8(13)4-6-2-1-3-6/h5-6,8,13H,1-4H2. The third kappa shape index (κ3) is 2.32. The Morgan fingerprint density at radius 2 is 2.36 bits per heavy atom. The lowest BCUT2D eigenvalue weighted by molar-refractivity contribution is 0.121. The molecule has 0 bridgehead atoms. The Balaban J connectivity index is 1.98. The monoisotopic (exact) mass is 294 g/mol. The van der Waals surface area contributed by atoms with E-state index < -0.39 is 0 Å². The van der Waals surface area contributed by atoms with E-state index in [-0.39, 0.29) is 6.10 Å². The van der Waals surface area contributed by atoms with E-state index >= 15 is 0 Å². The fourth-order valence-corrected chi connectivity index (χ4v) is 3.43. The SMILES string of the molecule is OC(CC1CCC1)c1cc(Cl)c(Br)s1. The summed E-state index contributed by atoms with van der Waals surface area (Å²) in [5, 5.41) is 10.6. The van der Waals surface area contributed by atoms with Crippen molar-refractivity contribution < 1.29 is 5.11 Å². The number of aliphatic hydroxyl groups is 1. The van der Waals surface area contributed by atoms with E-state index in [0.717, 1.165) is 21.0 Å². The highest BCUT2D eigenvalue weighted by Crippen LogP contribution is 2.40. The van der Waals surface area contributed by atoms with E-state index in [2.05, 4.69) is 15.9 Å². The molecule has 0 radical (unpaired) electrons. The Morgan fingerprint density at radius 1 is 1.64 bits per heavy atom. The second kappa shape index (κ2) is 4.52. The van der Waals surface area contributed by atoms with Gasteiger partial charge in [0.05, 0.1) is 14.9 Å². The minimum Gasteiger partial charge on any atom is -0.388 e. The summed E-state index contributed by atoms with van der Waals surface area (Å²) in [6, 6.07) is 1.86. The molecule has 0 aliphatic heterocycles. The van der Waals surface area contributed by atoms with Gasteiger partial charge in [-0.1, -0.05) is 30.9 Å². The van der Waals surface area contributed by atoms with Crippen LogP contribution in [0.4, 0.5) is 0 Å². The molecule has 78 valence electrons. The molecule has 1 fully saturated rings. The maximum absolute atomic E-state index is 9.92. The molecule has 1 atom stereocenters. The summed E-state index contributed by atoms with van der Waals surface area (Å²) in [4.78, 5) is 0.980. The number of rotatable bonds is 3. The Morgan fingerprint density at radius 3 is 2.79 bits per heavy atom. The van der Waals surface area contributed by atoms with E-state index in [0.29, 0.717) is 5.02 Å². The molecule has 1 N–H and O–H groups in total. The quantitative estimate of drug-likeness (QED) is 0.877. The number of hydrogen-bond donors (Lipinski definition) is 1. The van der Waals surface area contributed by atoms with Crippen LogP contribution < -0.4 is 0 Å². The molecule has 0 saturated heterocycles. The van der Waals surface area contributed by atoms with Crippen molar-refractivity contribution in [2.45, 2.75) is 31.8 Å². The highest BCUT2D eigenvalue weighted by atomic mass is 79.9. The van der Waals surface area contributed by atoms with Gasteiger partial charge in [0.25, 0.3) is 0 Å². The molecule has 1 nitrogen and oxygen atoms in total. The Hall–Kier alpha value is 0.430. The van der Waals surface area contributed by atoms with Crippen molar-refractivity contribution in [2.24, 2.45) is 5.92 Å². The van der Waals surface area contributed by atoms with Crippen molar-refractivity contribution in [1.29, 1.82) is 0 Å². The van der Waals surface area contributed by atoms with Crippen LogP contribution in [0, 0.1) is 5.92 Å². The van der Waals surface area contributed by atoms with E-state index in [1.807, 2.05) is 6.07 Å². The molecule has 4 heteroatoms. The van der Waals surface area contributed by atoms with Crippen LogP contribution >= 0.6 is 38.9 Å². The fourth-order valence-electron chi connectivity index (χ4n) is 1.69. The van der Waals surface area contributed by atoms with Gasteiger partial charge in [-0.25, -0.2) is 0 Å². The van der Waals surface area contributed by atoms with E-state index in [9.17, 15) is 5.11 Å². The Kier molecular flexibility index (Phi) is 3.53. The molecule has 1 aromatic rings. The van der Waals surface area contributed by atoms with Crippen molar-refractivity contribution >= 4 is 38.9 Å². The van der Waals surface area contributed by atoms with Gasteiger partial charge in [0.1, 0.15) is 0 Å². The van der Waals surface area contributed by atoms with Gasteiger partial charge < -0.3 is 5.11 Å². The molecule has 1 heterocycles. The van der Waals surface area contributed by atoms with Crippen LogP contribution in [0.25, 0.3) is 0 Å². The molecule has 2 rings (SSSR count). The van der Waals surface area contributed by atoms with Gasteiger partial charge in [-0.05, 0) is 34.3 Å². The average Bonchev–Trinajstić information content (AvgIpc) is 2.40. The number of thiophene rings is 1. The number of hydrogen-bond acceptors (Lipinski definition) is 2. The summed E-state index contributed by atoms with van der Waals surface area (Å²) < 4.78 is 0.918. The third-order valence-electron chi connectivity index (χ3n) is 2.77. The fraction of sp³-hybridized carbons (Fsp3) is 0.600. The molecule has 0 spiro atoms. The van der Waals surface area contributed by atoms with Crippen molar-refractivity contribution in [1.82, 2.24) is 0 Å².